The number of nitrogens with one attached hydrogen (secondary N) is 1. The Morgan fingerprint density at radius 3 is 2.50 bits per heavy atom. The molecule has 0 fully saturated rings. The average Bonchev–Trinajstić information content (AvgIpc) is 2.77. The van der Waals surface area contributed by atoms with Gasteiger partial charge in [-0.25, -0.2) is 8.78 Å². The van der Waals surface area contributed by atoms with Crippen LogP contribution in [0, 0.1) is 11.6 Å². The van der Waals surface area contributed by atoms with Crippen LogP contribution >= 0.6 is 0 Å². The molecule has 0 bridgehead atoms. The first kappa shape index (κ1) is 19.6. The summed E-state index contributed by atoms with van der Waals surface area (Å²) in [4.78, 5) is 27.0. The van der Waals surface area contributed by atoms with Crippen LogP contribution in [0.3, 0.4) is 0 Å². The Kier molecular flexibility index (Phi) is 5.43. The second-order valence-corrected chi connectivity index (χ2v) is 6.82. The summed E-state index contributed by atoms with van der Waals surface area (Å²) in [6, 6.07) is 18.8. The minimum atomic E-state index is -0.976. The van der Waals surface area contributed by atoms with Crippen LogP contribution < -0.4 is 15.0 Å². The smallest absolute Gasteiger partial charge is 0.263 e. The molecule has 0 aromatic heterocycles. The van der Waals surface area contributed by atoms with E-state index in [4.69, 9.17) is 4.74 Å². The number of nitrogens with zero attached hydrogens (tertiary/aromatic N) is 1. The Bertz CT molecular complexity index is 1090. The van der Waals surface area contributed by atoms with Crippen molar-refractivity contribution in [1.82, 2.24) is 5.32 Å². The normalized spacial score (nSPS) is 15.1. The number of carbonyl (C=O) groups excluding carboxylic acids is 2. The van der Waals surface area contributed by atoms with Crippen molar-refractivity contribution < 1.29 is 23.1 Å². The maximum atomic E-state index is 14.2. The molecule has 30 heavy (non-hydrogen) atoms. The first-order chi connectivity index (χ1) is 14.5. The van der Waals surface area contributed by atoms with E-state index in [1.165, 1.54) is 4.90 Å². The predicted octanol–water partition coefficient (Wildman–Crippen LogP) is 3.69. The third-order valence-corrected chi connectivity index (χ3v) is 4.78. The molecule has 1 aliphatic rings. The molecule has 0 spiro atoms. The standard InChI is InChI=1S/C23H18F2N2O3/c24-16-10-11-17(18(25)12-16)23(29)27-14-21(30-20-9-5-4-8-19(20)27)22(28)26-13-15-6-2-1-3-7-15/h1-12,21H,13-14H2,(H,26,28)/t21-/m0/s1. The van der Waals surface area contributed by atoms with Crippen molar-refractivity contribution in [3.05, 3.63) is 95.6 Å². The Balaban J connectivity index is 1.57. The number of para-hydroxylation sites is 2. The highest BCUT2D eigenvalue weighted by Gasteiger charge is 2.34. The number of fused-ring (bicyclic) bond motifs is 1. The molecule has 1 heterocycles. The van der Waals surface area contributed by atoms with E-state index >= 15 is 0 Å². The molecule has 7 heteroatoms. The van der Waals surface area contributed by atoms with Crippen molar-refractivity contribution in [2.24, 2.45) is 0 Å². The Hall–Kier alpha value is -3.74. The summed E-state index contributed by atoms with van der Waals surface area (Å²) < 4.78 is 33.2. The zero-order chi connectivity index (χ0) is 21.1. The number of halogens is 2. The molecule has 0 unspecified atom stereocenters. The lowest BCUT2D eigenvalue weighted by atomic mass is 10.1. The fourth-order valence-corrected chi connectivity index (χ4v) is 3.27. The van der Waals surface area contributed by atoms with Gasteiger partial charge in [0, 0.05) is 12.6 Å². The molecular weight excluding hydrogens is 390 g/mol. The van der Waals surface area contributed by atoms with E-state index in [2.05, 4.69) is 5.32 Å². The fourth-order valence-electron chi connectivity index (χ4n) is 3.27. The van der Waals surface area contributed by atoms with Gasteiger partial charge in [0.2, 0.25) is 0 Å². The molecule has 3 aromatic carbocycles. The van der Waals surface area contributed by atoms with Crippen LogP contribution in [0.4, 0.5) is 14.5 Å². The van der Waals surface area contributed by atoms with Gasteiger partial charge in [0.25, 0.3) is 11.8 Å². The van der Waals surface area contributed by atoms with Crippen molar-refractivity contribution in [2.75, 3.05) is 11.4 Å². The molecule has 152 valence electrons. The van der Waals surface area contributed by atoms with Gasteiger partial charge >= 0.3 is 0 Å². The van der Waals surface area contributed by atoms with Crippen molar-refractivity contribution >= 4 is 17.5 Å². The van der Waals surface area contributed by atoms with Gasteiger partial charge in [-0.05, 0) is 29.8 Å². The molecule has 4 rings (SSSR count). The van der Waals surface area contributed by atoms with E-state index in [0.29, 0.717) is 24.0 Å². The van der Waals surface area contributed by atoms with Crippen LogP contribution in [0.1, 0.15) is 15.9 Å². The molecule has 0 saturated heterocycles. The number of hydrogen-bond acceptors (Lipinski definition) is 3. The van der Waals surface area contributed by atoms with Crippen LogP contribution in [0.5, 0.6) is 5.75 Å². The first-order valence-electron chi connectivity index (χ1n) is 9.37. The van der Waals surface area contributed by atoms with Crippen molar-refractivity contribution in [3.63, 3.8) is 0 Å². The highest BCUT2D eigenvalue weighted by atomic mass is 19.1. The molecule has 5 nitrogen and oxygen atoms in total. The van der Waals surface area contributed by atoms with E-state index in [-0.39, 0.29) is 12.1 Å². The zero-order valence-electron chi connectivity index (χ0n) is 15.8. The maximum Gasteiger partial charge on any atom is 0.263 e. The lowest BCUT2D eigenvalue weighted by molar-refractivity contribution is -0.127. The second kappa shape index (κ2) is 8.32. The van der Waals surface area contributed by atoms with Gasteiger partial charge in [0.15, 0.2) is 6.10 Å². The second-order valence-electron chi connectivity index (χ2n) is 6.82. The molecule has 3 aromatic rings. The van der Waals surface area contributed by atoms with E-state index in [9.17, 15) is 18.4 Å². The van der Waals surface area contributed by atoms with Crippen LogP contribution in [0.2, 0.25) is 0 Å². The van der Waals surface area contributed by atoms with Gasteiger partial charge in [-0.3, -0.25) is 9.59 Å². The molecule has 1 atom stereocenters. The highest BCUT2D eigenvalue weighted by Crippen LogP contribution is 2.34. The van der Waals surface area contributed by atoms with Gasteiger partial charge in [-0.2, -0.15) is 0 Å². The number of benzene rings is 3. The third kappa shape index (κ3) is 4.00. The lowest BCUT2D eigenvalue weighted by Crippen LogP contribution is -2.50. The number of carbonyl (C=O) groups is 2. The van der Waals surface area contributed by atoms with Gasteiger partial charge in [0.1, 0.15) is 17.4 Å². The predicted molar refractivity (Wildman–Crippen MR) is 107 cm³/mol. The van der Waals surface area contributed by atoms with Gasteiger partial charge in [-0.1, -0.05) is 42.5 Å². The SMILES string of the molecule is O=C(NCc1ccccc1)[C@@H]1CN(C(=O)c2ccc(F)cc2F)c2ccccc2O1. The van der Waals surface area contributed by atoms with Crippen molar-refractivity contribution in [2.45, 2.75) is 12.6 Å². The first-order valence-corrected chi connectivity index (χ1v) is 9.37. The zero-order valence-corrected chi connectivity index (χ0v) is 15.8. The summed E-state index contributed by atoms with van der Waals surface area (Å²) >= 11 is 0. The van der Waals surface area contributed by atoms with Gasteiger partial charge in [0.05, 0.1) is 17.8 Å². The topological polar surface area (TPSA) is 58.6 Å². The molecule has 2 amide bonds. The number of rotatable bonds is 4. The number of anilines is 1. The number of hydrogen-bond donors (Lipinski definition) is 1. The number of amides is 2. The van der Waals surface area contributed by atoms with Crippen molar-refractivity contribution in [1.29, 1.82) is 0 Å². The van der Waals surface area contributed by atoms with E-state index in [1.807, 2.05) is 30.3 Å². The molecular formula is C23H18F2N2O3. The highest BCUT2D eigenvalue weighted by molar-refractivity contribution is 6.08. The minimum Gasteiger partial charge on any atom is -0.477 e. The largest absolute Gasteiger partial charge is 0.477 e. The van der Waals surface area contributed by atoms with Gasteiger partial charge in [-0.15, -0.1) is 0 Å². The Morgan fingerprint density at radius 1 is 1.00 bits per heavy atom. The summed E-state index contributed by atoms with van der Waals surface area (Å²) in [6.07, 6.45) is -0.976. The van der Waals surface area contributed by atoms with Gasteiger partial charge < -0.3 is 15.0 Å². The third-order valence-electron chi connectivity index (χ3n) is 4.78. The van der Waals surface area contributed by atoms with Crippen LogP contribution in [-0.4, -0.2) is 24.5 Å². The van der Waals surface area contributed by atoms with Crippen molar-refractivity contribution in [3.8, 4) is 5.75 Å². The molecule has 0 radical (unpaired) electrons. The molecule has 1 N–H and O–H groups in total. The average molecular weight is 408 g/mol. The molecule has 0 aliphatic carbocycles. The quantitative estimate of drug-likeness (QED) is 0.716. The summed E-state index contributed by atoms with van der Waals surface area (Å²) in [6.45, 7) is 0.203. The summed E-state index contributed by atoms with van der Waals surface area (Å²) in [5.74, 6) is -2.48. The minimum absolute atomic E-state index is 0.104. The van der Waals surface area contributed by atoms with E-state index in [1.54, 1.807) is 24.3 Å². The fraction of sp³-hybridized carbons (Fsp3) is 0.130. The monoisotopic (exact) mass is 408 g/mol. The Morgan fingerprint density at radius 2 is 1.73 bits per heavy atom. The number of ether oxygens (including phenoxy) is 1. The lowest BCUT2D eigenvalue weighted by Gasteiger charge is -2.34. The van der Waals surface area contributed by atoms with E-state index < -0.39 is 29.6 Å². The summed E-state index contributed by atoms with van der Waals surface area (Å²) in [5.41, 5.74) is 1.05. The summed E-state index contributed by atoms with van der Waals surface area (Å²) in [7, 11) is 0. The summed E-state index contributed by atoms with van der Waals surface area (Å²) in [5, 5.41) is 2.79. The van der Waals surface area contributed by atoms with Crippen LogP contribution in [0.15, 0.2) is 72.8 Å². The van der Waals surface area contributed by atoms with Crippen LogP contribution in [-0.2, 0) is 11.3 Å². The van der Waals surface area contributed by atoms with Crippen LogP contribution in [0.25, 0.3) is 0 Å². The maximum absolute atomic E-state index is 14.2. The molecule has 0 saturated carbocycles. The van der Waals surface area contributed by atoms with E-state index in [0.717, 1.165) is 17.7 Å². The Labute approximate surface area is 171 Å². The molecule has 1 aliphatic heterocycles.